The molecule has 1 rings (SSSR count). The molecule has 0 bridgehead atoms. The molecule has 1 aromatic rings. The molecule has 0 radical (unpaired) electrons. The molecule has 1 aromatic carbocycles. The summed E-state index contributed by atoms with van der Waals surface area (Å²) in [5.41, 5.74) is 1.25. The van der Waals surface area contributed by atoms with Gasteiger partial charge in [-0.15, -0.1) is 0 Å². The van der Waals surface area contributed by atoms with Crippen molar-refractivity contribution in [3.63, 3.8) is 0 Å². The Balaban J connectivity index is 2.89. The first-order valence-electron chi connectivity index (χ1n) is 2.88. The summed E-state index contributed by atoms with van der Waals surface area (Å²) in [6, 6.07) is 8.13. The van der Waals surface area contributed by atoms with Gasteiger partial charge in [-0.3, -0.25) is 0 Å². The summed E-state index contributed by atoms with van der Waals surface area (Å²) in [5.74, 6) is 0. The molecule has 0 unspecified atom stereocenters. The van der Waals surface area contributed by atoms with Crippen LogP contribution in [-0.2, 0) is 0 Å². The molecule has 0 fully saturated rings. The van der Waals surface area contributed by atoms with Crippen LogP contribution in [0.5, 0.6) is 0 Å². The standard InChI is InChI=1S/C7H7.Bi.2ClH/c1-7-5-3-2-4-6-7;;;/h3-6H,1H3;;2*1H/q;+2;;/p-2. The molecule has 0 saturated carbocycles. The van der Waals surface area contributed by atoms with Crippen molar-refractivity contribution in [1.29, 1.82) is 0 Å². The average molecular weight is 371 g/mol. The zero-order chi connectivity index (χ0) is 7.56. The predicted octanol–water partition coefficient (Wildman–Crippen LogP) is 2.17. The topological polar surface area (TPSA) is 0 Å². The Morgan fingerprint density at radius 2 is 1.60 bits per heavy atom. The predicted molar refractivity (Wildman–Crippen MR) is 48.3 cm³/mol. The van der Waals surface area contributed by atoms with Gasteiger partial charge in [-0.25, -0.2) is 0 Å². The van der Waals surface area contributed by atoms with E-state index in [2.05, 4.69) is 6.92 Å². The van der Waals surface area contributed by atoms with Gasteiger partial charge in [0.2, 0.25) is 0 Å². The van der Waals surface area contributed by atoms with E-state index in [4.69, 9.17) is 17.0 Å². The van der Waals surface area contributed by atoms with Crippen LogP contribution in [0.1, 0.15) is 5.56 Å². The molecule has 3 heteroatoms. The molecule has 0 spiro atoms. The summed E-state index contributed by atoms with van der Waals surface area (Å²) >= 11 is -2.17. The number of hydrogen-bond acceptors (Lipinski definition) is 0. The van der Waals surface area contributed by atoms with Crippen molar-refractivity contribution >= 4 is 39.7 Å². The van der Waals surface area contributed by atoms with Gasteiger partial charge in [-0.05, 0) is 0 Å². The maximum absolute atomic E-state index is 5.82. The molecular formula is C7H7BiCl2. The van der Waals surface area contributed by atoms with E-state index in [1.165, 1.54) is 5.56 Å². The Bertz CT molecular complexity index is 205. The maximum atomic E-state index is 5.82. The van der Waals surface area contributed by atoms with Crippen molar-refractivity contribution in [2.75, 3.05) is 0 Å². The van der Waals surface area contributed by atoms with Crippen molar-refractivity contribution in [1.82, 2.24) is 0 Å². The summed E-state index contributed by atoms with van der Waals surface area (Å²) < 4.78 is 1.16. The minimum atomic E-state index is -2.17. The average Bonchev–Trinajstić information content (AvgIpc) is 1.88. The normalized spacial score (nSPS) is 10.4. The zero-order valence-corrected chi connectivity index (χ0v) is 10.5. The van der Waals surface area contributed by atoms with Gasteiger partial charge in [-0.2, -0.15) is 0 Å². The van der Waals surface area contributed by atoms with E-state index < -0.39 is 19.4 Å². The summed E-state index contributed by atoms with van der Waals surface area (Å²) in [6.45, 7) is 2.05. The Morgan fingerprint density at radius 1 is 1.10 bits per heavy atom. The van der Waals surface area contributed by atoms with Crippen LogP contribution in [-0.4, -0.2) is 19.4 Å². The number of benzene rings is 1. The van der Waals surface area contributed by atoms with Crippen LogP contribution in [0, 0.1) is 6.92 Å². The monoisotopic (exact) mass is 370 g/mol. The van der Waals surface area contributed by atoms with Crippen LogP contribution in [0.4, 0.5) is 0 Å². The van der Waals surface area contributed by atoms with E-state index in [9.17, 15) is 0 Å². The van der Waals surface area contributed by atoms with Gasteiger partial charge in [0.25, 0.3) is 0 Å². The molecule has 0 aliphatic rings. The molecule has 54 valence electrons. The van der Waals surface area contributed by atoms with Crippen LogP contribution >= 0.6 is 17.0 Å². The van der Waals surface area contributed by atoms with Gasteiger partial charge < -0.3 is 0 Å². The van der Waals surface area contributed by atoms with Crippen molar-refractivity contribution in [3.05, 3.63) is 29.8 Å². The van der Waals surface area contributed by atoms with Gasteiger partial charge in [0.05, 0.1) is 0 Å². The molecular weight excluding hydrogens is 364 g/mol. The molecule has 0 nitrogen and oxygen atoms in total. The summed E-state index contributed by atoms with van der Waals surface area (Å²) in [5, 5.41) is 0. The van der Waals surface area contributed by atoms with E-state index in [0.717, 1.165) is 3.27 Å². The molecule has 0 N–H and O–H groups in total. The van der Waals surface area contributed by atoms with Crippen molar-refractivity contribution in [2.24, 2.45) is 0 Å². The molecule has 0 atom stereocenters. The van der Waals surface area contributed by atoms with Crippen LogP contribution < -0.4 is 3.27 Å². The van der Waals surface area contributed by atoms with Gasteiger partial charge in [0, 0.05) is 0 Å². The van der Waals surface area contributed by atoms with E-state index in [-0.39, 0.29) is 0 Å². The number of rotatable bonds is 1. The van der Waals surface area contributed by atoms with Gasteiger partial charge in [0.15, 0.2) is 0 Å². The Morgan fingerprint density at radius 3 is 2.00 bits per heavy atom. The fourth-order valence-electron chi connectivity index (χ4n) is 0.657. The van der Waals surface area contributed by atoms with Crippen LogP contribution in [0.25, 0.3) is 0 Å². The Kier molecular flexibility index (Phi) is 3.42. The second-order valence-electron chi connectivity index (χ2n) is 2.07. The second kappa shape index (κ2) is 3.90. The molecule has 0 aliphatic heterocycles. The van der Waals surface area contributed by atoms with Gasteiger partial charge >= 0.3 is 76.4 Å². The quantitative estimate of drug-likeness (QED) is 0.664. The van der Waals surface area contributed by atoms with E-state index in [0.29, 0.717) is 0 Å². The molecule has 0 aromatic heterocycles. The number of aryl methyl sites for hydroxylation is 1. The third-order valence-electron chi connectivity index (χ3n) is 1.23. The van der Waals surface area contributed by atoms with Gasteiger partial charge in [0.1, 0.15) is 0 Å². The van der Waals surface area contributed by atoms with Crippen LogP contribution in [0.3, 0.4) is 0 Å². The SMILES string of the molecule is Cc1cc[c]([Bi]([Cl])[Cl])cc1. The van der Waals surface area contributed by atoms with Crippen molar-refractivity contribution in [3.8, 4) is 0 Å². The van der Waals surface area contributed by atoms with Crippen molar-refractivity contribution in [2.45, 2.75) is 6.92 Å². The van der Waals surface area contributed by atoms with E-state index >= 15 is 0 Å². The molecule has 0 aliphatic carbocycles. The first-order valence-corrected chi connectivity index (χ1v) is 13.2. The molecule has 0 saturated heterocycles. The van der Waals surface area contributed by atoms with Crippen LogP contribution in [0.2, 0.25) is 0 Å². The third kappa shape index (κ3) is 2.38. The first kappa shape index (κ1) is 8.78. The first-order chi connectivity index (χ1) is 4.70. The third-order valence-corrected chi connectivity index (χ3v) is 7.33. The minimum absolute atomic E-state index is 1.16. The van der Waals surface area contributed by atoms with E-state index in [1.807, 2.05) is 24.3 Å². The van der Waals surface area contributed by atoms with E-state index in [1.54, 1.807) is 0 Å². The van der Waals surface area contributed by atoms with Crippen molar-refractivity contribution < 1.29 is 0 Å². The zero-order valence-electron chi connectivity index (χ0n) is 5.51. The van der Waals surface area contributed by atoms with Gasteiger partial charge in [-0.1, -0.05) is 0 Å². The fraction of sp³-hybridized carbons (Fsp3) is 0.143. The summed E-state index contributed by atoms with van der Waals surface area (Å²) in [4.78, 5) is 0. The Labute approximate surface area is 75.9 Å². The summed E-state index contributed by atoms with van der Waals surface area (Å²) in [7, 11) is 11.6. The summed E-state index contributed by atoms with van der Waals surface area (Å²) in [6.07, 6.45) is 0. The second-order valence-corrected chi connectivity index (χ2v) is 13.3. The molecule has 10 heavy (non-hydrogen) atoms. The van der Waals surface area contributed by atoms with Crippen LogP contribution in [0.15, 0.2) is 24.3 Å². The Hall–Kier alpha value is 0.683. The fourth-order valence-corrected chi connectivity index (χ4v) is 4.09. The molecule has 0 amide bonds. The number of halogens is 2. The number of hydrogen-bond donors (Lipinski definition) is 0. The molecule has 0 heterocycles.